The predicted octanol–water partition coefficient (Wildman–Crippen LogP) is 2.94. The molecule has 110 valence electrons. The van der Waals surface area contributed by atoms with Gasteiger partial charge in [0.1, 0.15) is 0 Å². The maximum absolute atomic E-state index is 6.20. The lowest BCUT2D eigenvalue weighted by Gasteiger charge is -2.32. The van der Waals surface area contributed by atoms with E-state index in [1.54, 1.807) is 0 Å². The molecule has 0 aromatic heterocycles. The molecule has 0 rings (SSSR count). The van der Waals surface area contributed by atoms with Gasteiger partial charge in [-0.1, -0.05) is 27.7 Å². The number of rotatable bonds is 12. The first kappa shape index (κ1) is 18.1. The van der Waals surface area contributed by atoms with Crippen LogP contribution in [0.15, 0.2) is 0 Å². The molecular formula is C13H31NO3Si. The molecule has 0 bridgehead atoms. The van der Waals surface area contributed by atoms with Gasteiger partial charge in [0, 0.05) is 25.4 Å². The highest BCUT2D eigenvalue weighted by Crippen LogP contribution is 2.20. The number of hydrogen-bond donors (Lipinski definition) is 1. The van der Waals surface area contributed by atoms with Gasteiger partial charge in [-0.25, -0.2) is 0 Å². The third-order valence-corrected chi connectivity index (χ3v) is 5.64. The fourth-order valence-electron chi connectivity index (χ4n) is 1.71. The van der Waals surface area contributed by atoms with Crippen molar-refractivity contribution in [2.24, 2.45) is 5.73 Å². The van der Waals surface area contributed by atoms with E-state index < -0.39 is 8.80 Å². The van der Waals surface area contributed by atoms with Gasteiger partial charge in [-0.15, -0.1) is 0 Å². The summed E-state index contributed by atoms with van der Waals surface area (Å²) in [5.74, 6) is 0. The lowest BCUT2D eigenvalue weighted by Crippen LogP contribution is -2.50. The van der Waals surface area contributed by atoms with Gasteiger partial charge in [-0.05, 0) is 32.2 Å². The first-order chi connectivity index (χ1) is 8.67. The maximum Gasteiger partial charge on any atom is 0.502 e. The van der Waals surface area contributed by atoms with Gasteiger partial charge in [0.25, 0.3) is 0 Å². The van der Waals surface area contributed by atoms with Crippen molar-refractivity contribution in [2.45, 2.75) is 65.5 Å². The first-order valence-corrected chi connectivity index (χ1v) is 9.26. The Balaban J connectivity index is 4.67. The minimum atomic E-state index is -2.57. The molecule has 0 radical (unpaired) electrons. The molecule has 0 saturated heterocycles. The molecule has 0 spiro atoms. The fraction of sp³-hybridized carbons (Fsp3) is 1.00. The minimum Gasteiger partial charge on any atom is -0.373 e. The van der Waals surface area contributed by atoms with Crippen molar-refractivity contribution >= 4 is 8.80 Å². The van der Waals surface area contributed by atoms with Gasteiger partial charge >= 0.3 is 8.80 Å². The van der Waals surface area contributed by atoms with E-state index in [1.807, 2.05) is 0 Å². The van der Waals surface area contributed by atoms with Gasteiger partial charge in [0.2, 0.25) is 0 Å². The zero-order valence-corrected chi connectivity index (χ0v) is 13.5. The van der Waals surface area contributed by atoms with Crippen LogP contribution in [0.25, 0.3) is 0 Å². The summed E-state index contributed by atoms with van der Waals surface area (Å²) < 4.78 is 18.1. The molecule has 5 heteroatoms. The van der Waals surface area contributed by atoms with Crippen LogP contribution in [0, 0.1) is 0 Å². The summed E-state index contributed by atoms with van der Waals surface area (Å²) >= 11 is 0. The monoisotopic (exact) mass is 277 g/mol. The fourth-order valence-corrected chi connectivity index (χ4v) is 4.57. The zero-order chi connectivity index (χ0) is 13.9. The normalized spacial score (nSPS) is 12.3. The van der Waals surface area contributed by atoms with Gasteiger partial charge in [0.15, 0.2) is 0 Å². The van der Waals surface area contributed by atoms with Crippen molar-refractivity contribution < 1.29 is 13.3 Å². The summed E-state index contributed by atoms with van der Waals surface area (Å²) in [5, 5.41) is 0. The Kier molecular flexibility index (Phi) is 11.0. The lowest BCUT2D eigenvalue weighted by atomic mass is 10.2. The molecule has 18 heavy (non-hydrogen) atoms. The van der Waals surface area contributed by atoms with E-state index in [2.05, 4.69) is 27.7 Å². The van der Waals surface area contributed by atoms with Crippen LogP contribution >= 0.6 is 0 Å². The van der Waals surface area contributed by atoms with Crippen molar-refractivity contribution in [3.63, 3.8) is 0 Å². The van der Waals surface area contributed by atoms with Gasteiger partial charge in [-0.2, -0.15) is 0 Å². The van der Waals surface area contributed by atoms with Crippen LogP contribution in [0.4, 0.5) is 0 Å². The van der Waals surface area contributed by atoms with E-state index in [0.29, 0.717) is 25.8 Å². The molecule has 0 aliphatic rings. The molecule has 0 saturated carbocycles. The second-order valence-corrected chi connectivity index (χ2v) is 7.15. The molecule has 0 aliphatic heterocycles. The molecule has 0 atom stereocenters. The van der Waals surface area contributed by atoms with Crippen molar-refractivity contribution in [2.75, 3.05) is 19.8 Å². The molecule has 0 aromatic carbocycles. The minimum absolute atomic E-state index is 0.219. The SMILES string of the molecule is CCCO[Si](CCN)(OCCC)OC(CC)CC. The summed E-state index contributed by atoms with van der Waals surface area (Å²) in [6.07, 6.45) is 4.14. The highest BCUT2D eigenvalue weighted by Gasteiger charge is 2.42. The standard InChI is InChI=1S/C13H31NO3Si/c1-5-10-15-18(12-9-14,16-11-6-2)17-13(7-3)8-4/h13H,5-12,14H2,1-4H3. The van der Waals surface area contributed by atoms with Crippen molar-refractivity contribution in [1.82, 2.24) is 0 Å². The quantitative estimate of drug-likeness (QED) is 0.557. The molecule has 4 nitrogen and oxygen atoms in total. The van der Waals surface area contributed by atoms with Gasteiger partial charge < -0.3 is 19.0 Å². The van der Waals surface area contributed by atoms with Crippen LogP contribution in [-0.2, 0) is 13.3 Å². The smallest absolute Gasteiger partial charge is 0.373 e. The molecule has 0 unspecified atom stereocenters. The highest BCUT2D eigenvalue weighted by molar-refractivity contribution is 6.60. The van der Waals surface area contributed by atoms with E-state index in [1.165, 1.54) is 0 Å². The third-order valence-electron chi connectivity index (χ3n) is 2.76. The topological polar surface area (TPSA) is 53.7 Å². The Bertz CT molecular complexity index is 181. The Morgan fingerprint density at radius 3 is 1.78 bits per heavy atom. The second-order valence-electron chi connectivity index (χ2n) is 4.47. The lowest BCUT2D eigenvalue weighted by molar-refractivity contribution is 0.0243. The van der Waals surface area contributed by atoms with Gasteiger partial charge in [-0.3, -0.25) is 0 Å². The molecule has 0 amide bonds. The van der Waals surface area contributed by atoms with Crippen molar-refractivity contribution in [3.8, 4) is 0 Å². The van der Waals surface area contributed by atoms with E-state index >= 15 is 0 Å². The van der Waals surface area contributed by atoms with E-state index in [-0.39, 0.29) is 6.10 Å². The summed E-state index contributed by atoms with van der Waals surface area (Å²) in [7, 11) is -2.57. The Labute approximate surface area is 114 Å². The summed E-state index contributed by atoms with van der Waals surface area (Å²) in [6.45, 7) is 10.4. The predicted molar refractivity (Wildman–Crippen MR) is 77.6 cm³/mol. The molecule has 0 fully saturated rings. The molecule has 0 aromatic rings. The van der Waals surface area contributed by atoms with E-state index in [4.69, 9.17) is 19.0 Å². The van der Waals surface area contributed by atoms with E-state index in [9.17, 15) is 0 Å². The highest BCUT2D eigenvalue weighted by atomic mass is 28.4. The average Bonchev–Trinajstić information content (AvgIpc) is 2.40. The van der Waals surface area contributed by atoms with Crippen LogP contribution < -0.4 is 5.73 Å². The zero-order valence-electron chi connectivity index (χ0n) is 12.5. The number of nitrogens with two attached hydrogens (primary N) is 1. The van der Waals surface area contributed by atoms with Gasteiger partial charge in [0.05, 0.1) is 0 Å². The van der Waals surface area contributed by atoms with Crippen LogP contribution in [-0.4, -0.2) is 34.7 Å². The summed E-state index contributed by atoms with van der Waals surface area (Å²) in [5.41, 5.74) is 5.71. The summed E-state index contributed by atoms with van der Waals surface area (Å²) in [6, 6.07) is 0.712. The largest absolute Gasteiger partial charge is 0.502 e. The maximum atomic E-state index is 6.20. The van der Waals surface area contributed by atoms with Crippen LogP contribution in [0.2, 0.25) is 6.04 Å². The van der Waals surface area contributed by atoms with Crippen molar-refractivity contribution in [1.29, 1.82) is 0 Å². The third kappa shape index (κ3) is 6.85. The van der Waals surface area contributed by atoms with E-state index in [0.717, 1.165) is 25.7 Å². The Morgan fingerprint density at radius 2 is 1.44 bits per heavy atom. The van der Waals surface area contributed by atoms with Crippen LogP contribution in [0.1, 0.15) is 53.4 Å². The molecule has 0 aliphatic carbocycles. The molecular weight excluding hydrogens is 246 g/mol. The Morgan fingerprint density at radius 1 is 0.944 bits per heavy atom. The first-order valence-electron chi connectivity index (χ1n) is 7.33. The second kappa shape index (κ2) is 10.9. The Hall–Kier alpha value is 0.0569. The van der Waals surface area contributed by atoms with Crippen LogP contribution in [0.5, 0.6) is 0 Å². The molecule has 0 heterocycles. The average molecular weight is 277 g/mol. The number of hydrogen-bond acceptors (Lipinski definition) is 4. The van der Waals surface area contributed by atoms with Crippen LogP contribution in [0.3, 0.4) is 0 Å². The molecule has 2 N–H and O–H groups in total. The summed E-state index contributed by atoms with van der Waals surface area (Å²) in [4.78, 5) is 0. The van der Waals surface area contributed by atoms with Crippen molar-refractivity contribution in [3.05, 3.63) is 0 Å².